The van der Waals surface area contributed by atoms with Crippen molar-refractivity contribution in [1.82, 2.24) is 5.32 Å². The lowest BCUT2D eigenvalue weighted by atomic mass is 9.83. The molecule has 0 aliphatic carbocycles. The average Bonchev–Trinajstić information content (AvgIpc) is 3.08. The van der Waals surface area contributed by atoms with Gasteiger partial charge >= 0.3 is 0 Å². The summed E-state index contributed by atoms with van der Waals surface area (Å²) in [5, 5.41) is 83.4. The molecule has 0 bridgehead atoms. The zero-order chi connectivity index (χ0) is 21.5. The van der Waals surface area contributed by atoms with Crippen molar-refractivity contribution in [3.63, 3.8) is 0 Å². The maximum absolute atomic E-state index is 10.6. The summed E-state index contributed by atoms with van der Waals surface area (Å²) in [5.41, 5.74) is 0. The molecular formula is C17H31NO11. The first kappa shape index (κ1) is 23.2. The lowest BCUT2D eigenvalue weighted by Gasteiger charge is -2.47. The van der Waals surface area contributed by atoms with Gasteiger partial charge in [-0.2, -0.15) is 0 Å². The van der Waals surface area contributed by atoms with Crippen molar-refractivity contribution in [3.8, 4) is 0 Å². The number of aliphatic hydroxyl groups excluding tert-OH is 8. The molecule has 29 heavy (non-hydrogen) atoms. The molecule has 0 saturated carbocycles. The summed E-state index contributed by atoms with van der Waals surface area (Å²) in [5.74, 6) is -0.742. The van der Waals surface area contributed by atoms with Crippen LogP contribution in [0.4, 0.5) is 0 Å². The molecule has 0 aromatic carbocycles. The van der Waals surface area contributed by atoms with Crippen LogP contribution in [0.25, 0.3) is 0 Å². The minimum Gasteiger partial charge on any atom is -0.395 e. The van der Waals surface area contributed by atoms with Gasteiger partial charge in [-0.1, -0.05) is 0 Å². The molecule has 13 atom stereocenters. The molecule has 1 unspecified atom stereocenters. The van der Waals surface area contributed by atoms with E-state index in [4.69, 9.17) is 14.2 Å². The molecule has 170 valence electrons. The largest absolute Gasteiger partial charge is 0.395 e. The number of ether oxygens (including phenoxy) is 3. The summed E-state index contributed by atoms with van der Waals surface area (Å²) < 4.78 is 16.6. The molecule has 3 saturated heterocycles. The third-order valence-corrected chi connectivity index (χ3v) is 6.08. The molecule has 12 nitrogen and oxygen atoms in total. The van der Waals surface area contributed by atoms with Gasteiger partial charge in [0.2, 0.25) is 0 Å². The molecule has 3 aliphatic heterocycles. The van der Waals surface area contributed by atoms with Crippen LogP contribution in [0.3, 0.4) is 0 Å². The first-order chi connectivity index (χ1) is 13.7. The predicted molar refractivity (Wildman–Crippen MR) is 93.4 cm³/mol. The topological polar surface area (TPSA) is 202 Å². The van der Waals surface area contributed by atoms with Gasteiger partial charge < -0.3 is 60.4 Å². The standard InChI is InChI=1S/C17H31NO11/c1-5-10(22)11(23)14(26)17(27-5)29-15-8(4-20)28-16(13(25)12(15)24)9-6(3-19)18-2-7(9)21/h5-26H,2-4H2,1H3/t5-,6-,7-,8-,9?,10-,11+,12-,13-,14-,15-,16-,17+/m1/s1. The van der Waals surface area contributed by atoms with Crippen LogP contribution >= 0.6 is 0 Å². The van der Waals surface area contributed by atoms with Crippen LogP contribution < -0.4 is 5.32 Å². The molecule has 0 aromatic heterocycles. The lowest BCUT2D eigenvalue weighted by Crippen LogP contribution is -2.65. The molecule has 3 aliphatic rings. The van der Waals surface area contributed by atoms with Crippen LogP contribution in [0.15, 0.2) is 0 Å². The quantitative estimate of drug-likeness (QED) is 0.203. The van der Waals surface area contributed by atoms with Crippen LogP contribution in [-0.2, 0) is 14.2 Å². The van der Waals surface area contributed by atoms with Crippen LogP contribution in [-0.4, -0.2) is 134 Å². The number of hydrogen-bond acceptors (Lipinski definition) is 12. The molecule has 12 heteroatoms. The van der Waals surface area contributed by atoms with E-state index in [-0.39, 0.29) is 13.2 Å². The highest BCUT2D eigenvalue weighted by Gasteiger charge is 2.54. The van der Waals surface area contributed by atoms with Gasteiger partial charge in [-0.05, 0) is 6.92 Å². The van der Waals surface area contributed by atoms with E-state index in [0.29, 0.717) is 0 Å². The van der Waals surface area contributed by atoms with Gasteiger partial charge in [-0.3, -0.25) is 0 Å². The highest BCUT2D eigenvalue weighted by atomic mass is 16.7. The summed E-state index contributed by atoms with van der Waals surface area (Å²) in [4.78, 5) is 0. The Morgan fingerprint density at radius 1 is 0.862 bits per heavy atom. The van der Waals surface area contributed by atoms with Crippen LogP contribution in [0.5, 0.6) is 0 Å². The van der Waals surface area contributed by atoms with Gasteiger partial charge in [0, 0.05) is 18.5 Å². The number of aliphatic hydroxyl groups is 8. The third kappa shape index (κ3) is 4.31. The smallest absolute Gasteiger partial charge is 0.187 e. The minimum atomic E-state index is -1.64. The Hall–Kier alpha value is -0.480. The lowest BCUT2D eigenvalue weighted by molar-refractivity contribution is -0.340. The van der Waals surface area contributed by atoms with Gasteiger partial charge in [-0.25, -0.2) is 0 Å². The van der Waals surface area contributed by atoms with E-state index in [1.54, 1.807) is 0 Å². The first-order valence-corrected chi connectivity index (χ1v) is 9.71. The van der Waals surface area contributed by atoms with Crippen LogP contribution in [0, 0.1) is 5.92 Å². The molecule has 0 aromatic rings. The molecule has 0 spiro atoms. The third-order valence-electron chi connectivity index (χ3n) is 6.08. The summed E-state index contributed by atoms with van der Waals surface area (Å²) in [6.07, 6.45) is -14.5. The average molecular weight is 425 g/mol. The summed E-state index contributed by atoms with van der Waals surface area (Å²) in [6.45, 7) is 0.688. The second-order valence-corrected chi connectivity index (χ2v) is 7.93. The van der Waals surface area contributed by atoms with Crippen molar-refractivity contribution in [2.75, 3.05) is 19.8 Å². The van der Waals surface area contributed by atoms with Crippen LogP contribution in [0.1, 0.15) is 6.92 Å². The molecule has 9 N–H and O–H groups in total. The maximum atomic E-state index is 10.6. The van der Waals surface area contributed by atoms with Crippen molar-refractivity contribution >= 4 is 0 Å². The van der Waals surface area contributed by atoms with Gasteiger partial charge in [0.25, 0.3) is 0 Å². The van der Waals surface area contributed by atoms with Crippen molar-refractivity contribution < 1.29 is 55.1 Å². The number of nitrogens with one attached hydrogen (secondary N) is 1. The molecule has 3 rings (SSSR count). The van der Waals surface area contributed by atoms with Gasteiger partial charge in [-0.15, -0.1) is 0 Å². The van der Waals surface area contributed by atoms with Crippen LogP contribution in [0.2, 0.25) is 0 Å². The Labute approximate surface area is 167 Å². The predicted octanol–water partition coefficient (Wildman–Crippen LogP) is -5.38. The van der Waals surface area contributed by atoms with Crippen molar-refractivity contribution in [2.24, 2.45) is 5.92 Å². The molecule has 3 heterocycles. The van der Waals surface area contributed by atoms with E-state index in [1.165, 1.54) is 6.92 Å². The van der Waals surface area contributed by atoms with Crippen molar-refractivity contribution in [2.45, 2.75) is 80.3 Å². The van der Waals surface area contributed by atoms with Crippen molar-refractivity contribution in [3.05, 3.63) is 0 Å². The zero-order valence-electron chi connectivity index (χ0n) is 15.9. The summed E-state index contributed by atoms with van der Waals surface area (Å²) in [7, 11) is 0. The number of β-amino-alcohol motifs (C(OH)–C–C–N with tert-alkyl or cyclic N) is 1. The molecular weight excluding hydrogens is 394 g/mol. The van der Waals surface area contributed by atoms with Gasteiger partial charge in [0.1, 0.15) is 42.7 Å². The fourth-order valence-electron chi connectivity index (χ4n) is 4.33. The normalized spacial score (nSPS) is 53.9. The number of hydrogen-bond donors (Lipinski definition) is 9. The first-order valence-electron chi connectivity index (χ1n) is 9.71. The summed E-state index contributed by atoms with van der Waals surface area (Å²) >= 11 is 0. The molecule has 3 fully saturated rings. The Morgan fingerprint density at radius 2 is 1.55 bits per heavy atom. The molecule has 0 amide bonds. The maximum Gasteiger partial charge on any atom is 0.187 e. The Balaban J connectivity index is 1.75. The Kier molecular flexibility index (Phi) is 7.47. The van der Waals surface area contributed by atoms with E-state index in [9.17, 15) is 40.9 Å². The van der Waals surface area contributed by atoms with E-state index < -0.39 is 85.9 Å². The van der Waals surface area contributed by atoms with Gasteiger partial charge in [0.15, 0.2) is 6.29 Å². The van der Waals surface area contributed by atoms with E-state index in [2.05, 4.69) is 5.32 Å². The number of rotatable bonds is 5. The molecule has 0 radical (unpaired) electrons. The van der Waals surface area contributed by atoms with Crippen molar-refractivity contribution in [1.29, 1.82) is 0 Å². The highest BCUT2D eigenvalue weighted by Crippen LogP contribution is 2.34. The Morgan fingerprint density at radius 3 is 2.17 bits per heavy atom. The highest BCUT2D eigenvalue weighted by molar-refractivity contribution is 5.03. The summed E-state index contributed by atoms with van der Waals surface area (Å²) in [6, 6.07) is -0.574. The van der Waals surface area contributed by atoms with E-state index in [0.717, 1.165) is 0 Å². The minimum absolute atomic E-state index is 0.169. The monoisotopic (exact) mass is 425 g/mol. The second kappa shape index (κ2) is 9.34. The second-order valence-electron chi connectivity index (χ2n) is 7.93. The Bertz CT molecular complexity index is 540. The SMILES string of the molecule is C[C@H]1O[C@@H](O[C@H]2[C@H](O)[C@@H](O)[C@@H](C3[C@H](O)CN[C@@H]3CO)O[C@@H]2CO)[C@H](O)[C@@H](O)[C@@H]1O. The zero-order valence-corrected chi connectivity index (χ0v) is 15.9. The fourth-order valence-corrected chi connectivity index (χ4v) is 4.33. The fraction of sp³-hybridized carbons (Fsp3) is 1.00. The van der Waals surface area contributed by atoms with E-state index >= 15 is 0 Å². The van der Waals surface area contributed by atoms with Gasteiger partial charge in [0.05, 0.1) is 31.5 Å². The van der Waals surface area contributed by atoms with E-state index in [1.807, 2.05) is 0 Å².